The molecule has 1 aromatic carbocycles. The molecule has 1 aliphatic heterocycles. The number of hydrogen-bond donors (Lipinski definition) is 3. The maximum atomic E-state index is 12.8. The molecule has 0 saturated carbocycles. The average molecular weight is 511 g/mol. The molecule has 0 saturated heterocycles. The number of benzene rings is 1. The van der Waals surface area contributed by atoms with Crippen LogP contribution in [0.1, 0.15) is 49.3 Å². The van der Waals surface area contributed by atoms with Gasteiger partial charge in [0, 0.05) is 11.3 Å². The van der Waals surface area contributed by atoms with E-state index in [4.69, 9.17) is 11.6 Å². The van der Waals surface area contributed by atoms with E-state index in [1.165, 1.54) is 12.5 Å². The van der Waals surface area contributed by atoms with Crippen LogP contribution in [0, 0.1) is 0 Å². The minimum Gasteiger partial charge on any atom is -0.342 e. The highest BCUT2D eigenvalue weighted by Crippen LogP contribution is 2.36. The van der Waals surface area contributed by atoms with Crippen LogP contribution >= 0.6 is 22.9 Å². The third-order valence-corrected chi connectivity index (χ3v) is 6.24. The van der Waals surface area contributed by atoms with Gasteiger partial charge in [0.2, 0.25) is 5.91 Å². The molecule has 0 spiro atoms. The van der Waals surface area contributed by atoms with Crippen LogP contribution in [0.4, 0.5) is 24.7 Å². The number of carbonyl (C=O) groups is 3. The van der Waals surface area contributed by atoms with Crippen molar-refractivity contribution in [3.63, 3.8) is 0 Å². The zero-order chi connectivity index (χ0) is 24.6. The van der Waals surface area contributed by atoms with E-state index in [1.54, 1.807) is 6.92 Å². The minimum atomic E-state index is -4.61. The molecular weight excluding hydrogens is 497 g/mol. The van der Waals surface area contributed by atoms with E-state index in [9.17, 15) is 27.6 Å². The maximum absolute atomic E-state index is 12.8. The van der Waals surface area contributed by atoms with E-state index < -0.39 is 34.6 Å². The van der Waals surface area contributed by atoms with Crippen LogP contribution in [0.3, 0.4) is 0 Å². The first-order valence-corrected chi connectivity index (χ1v) is 10.8. The lowest BCUT2D eigenvalue weighted by Crippen LogP contribution is -2.28. The lowest BCUT2D eigenvalue weighted by atomic mass is 10.1. The number of thiazole rings is 1. The summed E-state index contributed by atoms with van der Waals surface area (Å²) in [7, 11) is 0. The van der Waals surface area contributed by atoms with Crippen molar-refractivity contribution in [2.24, 2.45) is 0 Å². The molecule has 34 heavy (non-hydrogen) atoms. The molecule has 1 aliphatic rings. The van der Waals surface area contributed by atoms with Gasteiger partial charge in [0.25, 0.3) is 11.8 Å². The average Bonchev–Trinajstić information content (AvgIpc) is 3.38. The SMILES string of the molecule is CC(NC(=O)c1ncnc2c1CC(=O)N2)c1ncc(C(=O)Nc2ccc(C(F)(F)F)c(Cl)c2)s1. The Balaban J connectivity index is 1.43. The number of halogens is 4. The Labute approximate surface area is 198 Å². The van der Waals surface area contributed by atoms with E-state index in [0.717, 1.165) is 29.5 Å². The number of fused-ring (bicyclic) bond motifs is 1. The zero-order valence-corrected chi connectivity index (χ0v) is 18.7. The van der Waals surface area contributed by atoms with Crippen LogP contribution in [-0.2, 0) is 17.4 Å². The second kappa shape index (κ2) is 8.99. The standard InChI is InChI=1S/C20H14ClF3N6O3S/c1-8(28-18(33)15-10-5-14(31)30-16(10)27-7-26-15)19-25-6-13(34-19)17(32)29-9-2-3-11(12(21)4-9)20(22,23)24/h2-4,6-8H,5H2,1H3,(H,28,33)(H,29,32)(H,26,27,30,31). The fraction of sp³-hybridized carbons (Fsp3) is 0.200. The van der Waals surface area contributed by atoms with Crippen molar-refractivity contribution in [3.8, 4) is 0 Å². The molecule has 3 heterocycles. The Kier molecular flexibility index (Phi) is 6.23. The van der Waals surface area contributed by atoms with Crippen molar-refractivity contribution in [2.45, 2.75) is 25.6 Å². The van der Waals surface area contributed by atoms with Gasteiger partial charge in [-0.15, -0.1) is 11.3 Å². The molecular formula is C20H14ClF3N6O3S. The van der Waals surface area contributed by atoms with E-state index in [-0.39, 0.29) is 34.4 Å². The van der Waals surface area contributed by atoms with Crippen LogP contribution in [-0.4, -0.2) is 32.7 Å². The van der Waals surface area contributed by atoms with Gasteiger partial charge in [-0.3, -0.25) is 14.4 Å². The highest BCUT2D eigenvalue weighted by molar-refractivity contribution is 7.13. The molecule has 0 radical (unpaired) electrons. The highest BCUT2D eigenvalue weighted by Gasteiger charge is 2.33. The highest BCUT2D eigenvalue weighted by atomic mass is 35.5. The van der Waals surface area contributed by atoms with Crippen LogP contribution in [0.2, 0.25) is 5.02 Å². The number of anilines is 2. The number of aromatic nitrogens is 3. The first-order chi connectivity index (χ1) is 16.0. The summed E-state index contributed by atoms with van der Waals surface area (Å²) in [6, 6.07) is 2.28. The largest absolute Gasteiger partial charge is 0.417 e. The molecule has 1 unspecified atom stereocenters. The normalized spacial score (nSPS) is 13.7. The molecule has 0 fully saturated rings. The predicted octanol–water partition coefficient (Wildman–Crippen LogP) is 3.84. The number of rotatable bonds is 5. The molecule has 3 aromatic rings. The molecule has 14 heteroatoms. The van der Waals surface area contributed by atoms with Gasteiger partial charge in [-0.05, 0) is 25.1 Å². The number of alkyl halides is 3. The lowest BCUT2D eigenvalue weighted by molar-refractivity contribution is -0.137. The Morgan fingerprint density at radius 3 is 2.68 bits per heavy atom. The van der Waals surface area contributed by atoms with Gasteiger partial charge in [0.05, 0.1) is 29.2 Å². The van der Waals surface area contributed by atoms with Crippen LogP contribution in [0.25, 0.3) is 0 Å². The summed E-state index contributed by atoms with van der Waals surface area (Å²) in [4.78, 5) is 49.0. The van der Waals surface area contributed by atoms with E-state index in [0.29, 0.717) is 10.6 Å². The van der Waals surface area contributed by atoms with Crippen molar-refractivity contribution in [1.29, 1.82) is 0 Å². The molecule has 2 aromatic heterocycles. The van der Waals surface area contributed by atoms with Crippen LogP contribution in [0.15, 0.2) is 30.7 Å². The summed E-state index contributed by atoms with van der Waals surface area (Å²) in [5.74, 6) is -1.14. The summed E-state index contributed by atoms with van der Waals surface area (Å²) in [5, 5.41) is 7.58. The zero-order valence-electron chi connectivity index (χ0n) is 17.2. The number of nitrogens with one attached hydrogen (secondary N) is 3. The van der Waals surface area contributed by atoms with Gasteiger partial charge in [-0.2, -0.15) is 13.2 Å². The van der Waals surface area contributed by atoms with Crippen molar-refractivity contribution in [1.82, 2.24) is 20.3 Å². The second-order valence-corrected chi connectivity index (χ2v) is 8.65. The quantitative estimate of drug-likeness (QED) is 0.479. The monoisotopic (exact) mass is 510 g/mol. The maximum Gasteiger partial charge on any atom is 0.417 e. The molecule has 0 aliphatic carbocycles. The van der Waals surface area contributed by atoms with Gasteiger partial charge >= 0.3 is 6.18 Å². The summed E-state index contributed by atoms with van der Waals surface area (Å²) in [5.41, 5.74) is -0.470. The van der Waals surface area contributed by atoms with E-state index in [1.807, 2.05) is 0 Å². The minimum absolute atomic E-state index is 0.0111. The van der Waals surface area contributed by atoms with Crippen molar-refractivity contribution < 1.29 is 27.6 Å². The van der Waals surface area contributed by atoms with Crippen LogP contribution in [0.5, 0.6) is 0 Å². The summed E-state index contributed by atoms with van der Waals surface area (Å²) in [6.07, 6.45) is -2.16. The van der Waals surface area contributed by atoms with Crippen molar-refractivity contribution in [3.05, 3.63) is 62.5 Å². The summed E-state index contributed by atoms with van der Waals surface area (Å²) in [6.45, 7) is 1.65. The number of carbonyl (C=O) groups excluding carboxylic acids is 3. The fourth-order valence-electron chi connectivity index (χ4n) is 3.15. The molecule has 3 N–H and O–H groups in total. The smallest absolute Gasteiger partial charge is 0.342 e. The molecule has 9 nitrogen and oxygen atoms in total. The Bertz CT molecular complexity index is 1310. The second-order valence-electron chi connectivity index (χ2n) is 7.18. The predicted molar refractivity (Wildman–Crippen MR) is 117 cm³/mol. The Morgan fingerprint density at radius 1 is 1.21 bits per heavy atom. The number of amides is 3. The van der Waals surface area contributed by atoms with Crippen LogP contribution < -0.4 is 16.0 Å². The first kappa shape index (κ1) is 23.6. The third kappa shape index (κ3) is 4.84. The molecule has 0 bridgehead atoms. The summed E-state index contributed by atoms with van der Waals surface area (Å²) < 4.78 is 38.5. The Morgan fingerprint density at radius 2 is 1.97 bits per heavy atom. The third-order valence-electron chi connectivity index (χ3n) is 4.75. The van der Waals surface area contributed by atoms with Gasteiger partial charge in [0.15, 0.2) is 0 Å². The topological polar surface area (TPSA) is 126 Å². The molecule has 176 valence electrons. The molecule has 1 atom stereocenters. The fourth-order valence-corrected chi connectivity index (χ4v) is 4.26. The van der Waals surface area contributed by atoms with E-state index in [2.05, 4.69) is 30.9 Å². The molecule has 4 rings (SSSR count). The Hall–Kier alpha value is -3.58. The van der Waals surface area contributed by atoms with Gasteiger partial charge in [-0.1, -0.05) is 11.6 Å². The molecule has 3 amide bonds. The first-order valence-electron chi connectivity index (χ1n) is 9.61. The lowest BCUT2D eigenvalue weighted by Gasteiger charge is -2.12. The summed E-state index contributed by atoms with van der Waals surface area (Å²) >= 11 is 6.67. The number of hydrogen-bond acceptors (Lipinski definition) is 7. The van der Waals surface area contributed by atoms with Crippen molar-refractivity contribution >= 4 is 52.2 Å². The van der Waals surface area contributed by atoms with Gasteiger partial charge in [-0.25, -0.2) is 15.0 Å². The number of nitrogens with zero attached hydrogens (tertiary/aromatic N) is 3. The van der Waals surface area contributed by atoms with Gasteiger partial charge < -0.3 is 16.0 Å². The van der Waals surface area contributed by atoms with Gasteiger partial charge in [0.1, 0.15) is 27.7 Å². The van der Waals surface area contributed by atoms with E-state index >= 15 is 0 Å². The van der Waals surface area contributed by atoms with Crippen molar-refractivity contribution in [2.75, 3.05) is 10.6 Å².